The van der Waals surface area contributed by atoms with Crippen molar-refractivity contribution in [1.82, 2.24) is 0 Å². The van der Waals surface area contributed by atoms with E-state index in [1.165, 1.54) is 18.9 Å². The molecule has 4 aliphatic rings. The van der Waals surface area contributed by atoms with E-state index in [4.69, 9.17) is 0 Å². The van der Waals surface area contributed by atoms with E-state index in [0.717, 1.165) is 17.9 Å². The number of aliphatic hydroxyl groups excluding tert-OH is 1. The molecule has 3 atom stereocenters. The van der Waals surface area contributed by atoms with Crippen LogP contribution in [0.4, 0.5) is 0 Å². The average Bonchev–Trinajstić information content (AvgIpc) is 2.98. The van der Waals surface area contributed by atoms with Crippen LogP contribution in [-0.4, -0.2) is 24.2 Å². The fraction of sp³-hybridized carbons (Fsp3) is 0.500. The van der Waals surface area contributed by atoms with Crippen molar-refractivity contribution < 1.29 is 47.6 Å². The third-order valence-corrected chi connectivity index (χ3v) is 7.66. The van der Waals surface area contributed by atoms with Crippen LogP contribution in [0, 0.1) is 16.7 Å². The van der Waals surface area contributed by atoms with Gasteiger partial charge in [-0.15, -0.1) is 0 Å². The zero-order valence-corrected chi connectivity index (χ0v) is 18.7. The number of aliphatic hydroxyl groups is 1. The van der Waals surface area contributed by atoms with E-state index in [-0.39, 0.29) is 46.0 Å². The second-order valence-corrected chi connectivity index (χ2v) is 9.41. The van der Waals surface area contributed by atoms with Crippen molar-refractivity contribution in [1.29, 1.82) is 0 Å². The van der Waals surface area contributed by atoms with Crippen molar-refractivity contribution in [2.45, 2.75) is 51.0 Å². The second kappa shape index (κ2) is 7.53. The molecule has 0 spiro atoms. The Hall–Kier alpha value is -0.430. The van der Waals surface area contributed by atoms with Crippen LogP contribution in [0.15, 0.2) is 47.4 Å². The van der Waals surface area contributed by atoms with Crippen LogP contribution < -0.4 is 29.6 Å². The average molecular weight is 384 g/mol. The number of fused-ring (bicyclic) bond motifs is 3. The van der Waals surface area contributed by atoms with Crippen molar-refractivity contribution >= 4 is 10.1 Å². The Morgan fingerprint density at radius 3 is 2.19 bits per heavy atom. The van der Waals surface area contributed by atoms with Gasteiger partial charge in [0, 0.05) is 0 Å². The largest absolute Gasteiger partial charge is 1.00 e. The third-order valence-electron chi connectivity index (χ3n) is 6.77. The van der Waals surface area contributed by atoms with Gasteiger partial charge in [0.1, 0.15) is 10.1 Å². The monoisotopic (exact) mass is 384 g/mol. The van der Waals surface area contributed by atoms with Gasteiger partial charge >= 0.3 is 29.6 Å². The van der Waals surface area contributed by atoms with Crippen LogP contribution in [0.1, 0.15) is 40.0 Å². The molecule has 4 rings (SSSR count). The van der Waals surface area contributed by atoms with Crippen LogP contribution in [0.3, 0.4) is 0 Å². The molecule has 4 nitrogen and oxygen atoms in total. The van der Waals surface area contributed by atoms with Crippen molar-refractivity contribution in [2.24, 2.45) is 16.7 Å². The minimum absolute atomic E-state index is 0. The number of hydrogen-bond acceptors (Lipinski definition) is 4. The quantitative estimate of drug-likeness (QED) is 0.585. The topological polar surface area (TPSA) is 77.4 Å². The molecular weight excluding hydrogens is 359 g/mol. The minimum Gasteiger partial charge on any atom is -0.744 e. The smallest absolute Gasteiger partial charge is 0.744 e. The summed E-state index contributed by atoms with van der Waals surface area (Å²) in [6.07, 6.45) is 3.58. The Kier molecular flexibility index (Phi) is 6.33. The summed E-state index contributed by atoms with van der Waals surface area (Å²) in [6, 6.07) is 11.6. The molecule has 0 aromatic carbocycles. The molecule has 26 heavy (non-hydrogen) atoms. The summed E-state index contributed by atoms with van der Waals surface area (Å²) in [6.45, 7) is 6.90. The van der Waals surface area contributed by atoms with E-state index in [1.807, 2.05) is 0 Å². The standard InChI is InChI=1S/C10H8O3S.C10H18O.Na/c11-14(12,13)10-7-6-8-4-2-1-3-5-9(8)10;1-9(2)7-4-5-10(9,3)8(11)6-7;/h1-7H,(H,11,12,13);7-8,11H,4-6H2,1-3H3;/q;;+1/p-1. The summed E-state index contributed by atoms with van der Waals surface area (Å²) in [5, 5.41) is 9.81. The van der Waals surface area contributed by atoms with Crippen LogP contribution >= 0.6 is 0 Å². The SMILES string of the molecule is CC1(C)C2CCC1(C)C(O)C2.O=S(=O)([O-])c1ccc2cccccc1-2.[Na+]. The molecule has 0 aromatic rings. The fourth-order valence-corrected chi connectivity index (χ4v) is 5.26. The Morgan fingerprint density at radius 2 is 1.73 bits per heavy atom. The zero-order chi connectivity index (χ0) is 18.5. The summed E-state index contributed by atoms with van der Waals surface area (Å²) < 4.78 is 32.6. The molecule has 4 aliphatic carbocycles. The van der Waals surface area contributed by atoms with Gasteiger partial charge < -0.3 is 9.66 Å². The molecule has 3 unspecified atom stereocenters. The molecule has 0 heterocycles. The fourth-order valence-electron chi connectivity index (χ4n) is 4.57. The summed E-state index contributed by atoms with van der Waals surface area (Å²) in [4.78, 5) is -0.149. The van der Waals surface area contributed by atoms with Crippen LogP contribution in [0.5, 0.6) is 0 Å². The van der Waals surface area contributed by atoms with Gasteiger partial charge in [0.15, 0.2) is 0 Å². The molecule has 2 fully saturated rings. The first-order valence-electron chi connectivity index (χ1n) is 8.69. The molecule has 0 amide bonds. The molecule has 6 heteroatoms. The normalized spacial score (nSPS) is 29.0. The van der Waals surface area contributed by atoms with Crippen molar-refractivity contribution in [3.63, 3.8) is 0 Å². The molecule has 0 aromatic heterocycles. The number of rotatable bonds is 1. The summed E-state index contributed by atoms with van der Waals surface area (Å²) in [5.41, 5.74) is 1.83. The number of hydrogen-bond donors (Lipinski definition) is 1. The summed E-state index contributed by atoms with van der Waals surface area (Å²) >= 11 is 0. The molecular formula is C20H25NaO4S. The van der Waals surface area contributed by atoms with E-state index in [9.17, 15) is 18.1 Å². The van der Waals surface area contributed by atoms with Crippen LogP contribution in [-0.2, 0) is 10.1 Å². The Labute approximate surface area is 178 Å². The van der Waals surface area contributed by atoms with Gasteiger partial charge in [0.2, 0.25) is 0 Å². The minimum atomic E-state index is -4.37. The maximum atomic E-state index is 10.9. The third kappa shape index (κ3) is 3.62. The molecule has 0 aliphatic heterocycles. The van der Waals surface area contributed by atoms with Gasteiger partial charge in [-0.2, -0.15) is 0 Å². The van der Waals surface area contributed by atoms with Gasteiger partial charge in [-0.1, -0.05) is 57.2 Å². The van der Waals surface area contributed by atoms with Crippen LogP contribution in [0.2, 0.25) is 0 Å². The maximum Gasteiger partial charge on any atom is 1.00 e. The molecule has 0 radical (unpaired) electrons. The van der Waals surface area contributed by atoms with E-state index < -0.39 is 10.1 Å². The maximum absolute atomic E-state index is 10.9. The Morgan fingerprint density at radius 1 is 1.08 bits per heavy atom. The van der Waals surface area contributed by atoms with Gasteiger partial charge in [-0.3, -0.25) is 0 Å². The molecule has 2 saturated carbocycles. The second-order valence-electron chi connectivity index (χ2n) is 8.06. The molecule has 0 saturated heterocycles. The predicted molar refractivity (Wildman–Crippen MR) is 96.3 cm³/mol. The summed E-state index contributed by atoms with van der Waals surface area (Å²) in [7, 11) is -4.37. The first kappa shape index (κ1) is 21.9. The van der Waals surface area contributed by atoms with Crippen molar-refractivity contribution in [2.75, 3.05) is 0 Å². The molecule has 1 N–H and O–H groups in total. The molecule has 2 bridgehead atoms. The van der Waals surface area contributed by atoms with Gasteiger partial charge in [-0.25, -0.2) is 8.42 Å². The predicted octanol–water partition coefficient (Wildman–Crippen LogP) is 0.893. The Balaban J connectivity index is 0.000000184. The van der Waals surface area contributed by atoms with Crippen LogP contribution in [0.25, 0.3) is 11.1 Å². The first-order chi connectivity index (χ1) is 11.6. The van der Waals surface area contributed by atoms with Crippen molar-refractivity contribution in [3.05, 3.63) is 42.5 Å². The first-order valence-corrected chi connectivity index (χ1v) is 10.1. The van der Waals surface area contributed by atoms with E-state index in [2.05, 4.69) is 20.8 Å². The van der Waals surface area contributed by atoms with Gasteiger partial charge in [0.25, 0.3) is 0 Å². The molecule has 136 valence electrons. The summed E-state index contributed by atoms with van der Waals surface area (Å²) in [5.74, 6) is 0.780. The van der Waals surface area contributed by atoms with E-state index >= 15 is 0 Å². The van der Waals surface area contributed by atoms with Gasteiger partial charge in [-0.05, 0) is 53.2 Å². The van der Waals surface area contributed by atoms with Crippen molar-refractivity contribution in [3.8, 4) is 11.1 Å². The Bertz CT molecular complexity index is 849. The van der Waals surface area contributed by atoms with E-state index in [0.29, 0.717) is 11.0 Å². The van der Waals surface area contributed by atoms with Gasteiger partial charge in [0.05, 0.1) is 11.0 Å². The van der Waals surface area contributed by atoms with E-state index in [1.54, 1.807) is 36.4 Å². The zero-order valence-electron chi connectivity index (χ0n) is 15.9.